The van der Waals surface area contributed by atoms with Gasteiger partial charge in [0.25, 0.3) is 0 Å². The van der Waals surface area contributed by atoms with Gasteiger partial charge in [-0.2, -0.15) is 5.10 Å². The Morgan fingerprint density at radius 2 is 2.00 bits per heavy atom. The van der Waals surface area contributed by atoms with Gasteiger partial charge in [-0.1, -0.05) is 0 Å². The van der Waals surface area contributed by atoms with E-state index < -0.39 is 0 Å². The number of nitrogens with one attached hydrogen (secondary N) is 2. The van der Waals surface area contributed by atoms with Crippen molar-refractivity contribution in [2.45, 2.75) is 25.8 Å². The van der Waals surface area contributed by atoms with Crippen LogP contribution in [0, 0.1) is 0 Å². The molecule has 2 amide bonds. The van der Waals surface area contributed by atoms with Gasteiger partial charge in [-0.3, -0.25) is 9.59 Å². The highest BCUT2D eigenvalue weighted by Crippen LogP contribution is 2.12. The van der Waals surface area contributed by atoms with Crippen LogP contribution in [0.2, 0.25) is 0 Å². The lowest BCUT2D eigenvalue weighted by Crippen LogP contribution is -2.33. The van der Waals surface area contributed by atoms with E-state index in [-0.39, 0.29) is 24.4 Å². The van der Waals surface area contributed by atoms with Crippen LogP contribution < -0.4 is 16.4 Å². The summed E-state index contributed by atoms with van der Waals surface area (Å²) in [7, 11) is 0. The van der Waals surface area contributed by atoms with E-state index in [0.717, 1.165) is 5.69 Å². The van der Waals surface area contributed by atoms with Gasteiger partial charge in [0.15, 0.2) is 0 Å². The maximum absolute atomic E-state index is 11.8. The molecule has 122 valence electrons. The Balaban J connectivity index is 1.78. The van der Waals surface area contributed by atoms with Gasteiger partial charge >= 0.3 is 0 Å². The van der Waals surface area contributed by atoms with Gasteiger partial charge in [-0.25, -0.2) is 4.68 Å². The minimum atomic E-state index is -0.272. The smallest absolute Gasteiger partial charge is 0.243 e. The number of carbonyl (C=O) groups excluding carboxylic acids is 2. The summed E-state index contributed by atoms with van der Waals surface area (Å²) in [5, 5.41) is 9.43. The topological polar surface area (TPSA) is 102 Å². The summed E-state index contributed by atoms with van der Waals surface area (Å²) in [5.74, 6) is -0.447. The van der Waals surface area contributed by atoms with E-state index in [4.69, 9.17) is 5.73 Å². The monoisotopic (exact) mass is 315 g/mol. The fraction of sp³-hybridized carbons (Fsp3) is 0.312. The molecule has 0 aliphatic rings. The Morgan fingerprint density at radius 3 is 2.61 bits per heavy atom. The normalized spacial score (nSPS) is 11.7. The third kappa shape index (κ3) is 5.55. The molecular formula is C16H21N5O2. The molecule has 2 aromatic rings. The Morgan fingerprint density at radius 1 is 1.26 bits per heavy atom. The van der Waals surface area contributed by atoms with Crippen molar-refractivity contribution in [1.82, 2.24) is 15.1 Å². The van der Waals surface area contributed by atoms with Gasteiger partial charge in [0.2, 0.25) is 11.8 Å². The summed E-state index contributed by atoms with van der Waals surface area (Å²) in [6.45, 7) is 1.78. The molecule has 1 atom stereocenters. The maximum Gasteiger partial charge on any atom is 0.243 e. The van der Waals surface area contributed by atoms with Crippen molar-refractivity contribution in [3.8, 4) is 5.69 Å². The molecule has 1 heterocycles. The average Bonchev–Trinajstić information content (AvgIpc) is 3.06. The second kappa shape index (κ2) is 8.09. The molecule has 0 fully saturated rings. The van der Waals surface area contributed by atoms with E-state index in [0.29, 0.717) is 18.5 Å². The van der Waals surface area contributed by atoms with Crippen LogP contribution in [0.1, 0.15) is 19.8 Å². The lowest BCUT2D eigenvalue weighted by Gasteiger charge is -2.08. The van der Waals surface area contributed by atoms with Crippen molar-refractivity contribution in [2.24, 2.45) is 5.73 Å². The molecule has 7 nitrogen and oxygen atoms in total. The van der Waals surface area contributed by atoms with Crippen LogP contribution in [0.5, 0.6) is 0 Å². The van der Waals surface area contributed by atoms with Crippen LogP contribution in [-0.2, 0) is 9.59 Å². The number of aromatic nitrogens is 2. The number of nitrogens with zero attached hydrogens (tertiary/aromatic N) is 2. The molecule has 2 rings (SSSR count). The summed E-state index contributed by atoms with van der Waals surface area (Å²) in [6.07, 6.45) is 4.46. The Kier molecular flexibility index (Phi) is 5.87. The van der Waals surface area contributed by atoms with Crippen LogP contribution in [0.15, 0.2) is 42.7 Å². The zero-order valence-electron chi connectivity index (χ0n) is 13.0. The van der Waals surface area contributed by atoms with Crippen molar-refractivity contribution in [3.05, 3.63) is 42.7 Å². The number of benzene rings is 1. The number of amides is 2. The first-order valence-electron chi connectivity index (χ1n) is 7.47. The fourth-order valence-electron chi connectivity index (χ4n) is 1.95. The fourth-order valence-corrected chi connectivity index (χ4v) is 1.95. The quantitative estimate of drug-likeness (QED) is 0.711. The maximum atomic E-state index is 11.8. The zero-order chi connectivity index (χ0) is 16.7. The zero-order valence-corrected chi connectivity index (χ0v) is 13.0. The summed E-state index contributed by atoms with van der Waals surface area (Å²) in [6, 6.07) is 9.08. The van der Waals surface area contributed by atoms with E-state index in [1.54, 1.807) is 23.0 Å². The Hall–Kier alpha value is -2.67. The summed E-state index contributed by atoms with van der Waals surface area (Å²) >= 11 is 0. The summed E-state index contributed by atoms with van der Waals surface area (Å²) in [4.78, 5) is 23.3. The molecule has 0 spiro atoms. The number of anilines is 1. The molecule has 0 radical (unpaired) electrons. The minimum absolute atomic E-state index is 0.0251. The largest absolute Gasteiger partial charge is 0.347 e. The van der Waals surface area contributed by atoms with Gasteiger partial charge in [-0.15, -0.1) is 0 Å². The van der Waals surface area contributed by atoms with Crippen LogP contribution in [0.25, 0.3) is 5.69 Å². The lowest BCUT2D eigenvalue weighted by atomic mass is 10.2. The van der Waals surface area contributed by atoms with Crippen LogP contribution in [0.4, 0.5) is 5.69 Å². The SMILES string of the molecule is CC(N)CCC(=O)NCC(=O)Nc1ccc(-n2cccn2)cc1. The number of rotatable bonds is 7. The van der Waals surface area contributed by atoms with Gasteiger partial charge in [0.05, 0.1) is 12.2 Å². The first-order valence-corrected chi connectivity index (χ1v) is 7.47. The summed E-state index contributed by atoms with van der Waals surface area (Å²) in [5.41, 5.74) is 7.14. The van der Waals surface area contributed by atoms with Gasteiger partial charge in [0.1, 0.15) is 0 Å². The molecule has 0 saturated carbocycles. The van der Waals surface area contributed by atoms with Crippen molar-refractivity contribution >= 4 is 17.5 Å². The van der Waals surface area contributed by atoms with Crippen molar-refractivity contribution in [2.75, 3.05) is 11.9 Å². The van der Waals surface area contributed by atoms with Gasteiger partial charge < -0.3 is 16.4 Å². The van der Waals surface area contributed by atoms with Crippen LogP contribution in [0.3, 0.4) is 0 Å². The minimum Gasteiger partial charge on any atom is -0.347 e. The van der Waals surface area contributed by atoms with E-state index in [2.05, 4.69) is 15.7 Å². The van der Waals surface area contributed by atoms with E-state index in [9.17, 15) is 9.59 Å². The predicted octanol–water partition coefficient (Wildman–Crippen LogP) is 1.05. The standard InChI is InChI=1S/C16H21N5O2/c1-12(17)3-8-15(22)18-11-16(23)20-13-4-6-14(7-5-13)21-10-2-9-19-21/h2,4-7,9-10,12H,3,8,11,17H2,1H3,(H,18,22)(H,20,23). The number of nitrogens with two attached hydrogens (primary N) is 1. The molecule has 1 aromatic carbocycles. The Bertz CT molecular complexity index is 635. The third-order valence-corrected chi connectivity index (χ3v) is 3.19. The van der Waals surface area contributed by atoms with E-state index >= 15 is 0 Å². The molecule has 4 N–H and O–H groups in total. The van der Waals surface area contributed by atoms with Crippen molar-refractivity contribution < 1.29 is 9.59 Å². The highest BCUT2D eigenvalue weighted by atomic mass is 16.2. The van der Waals surface area contributed by atoms with E-state index in [1.807, 2.05) is 31.3 Å². The molecule has 1 unspecified atom stereocenters. The molecule has 0 saturated heterocycles. The van der Waals surface area contributed by atoms with Crippen molar-refractivity contribution in [1.29, 1.82) is 0 Å². The average molecular weight is 315 g/mol. The lowest BCUT2D eigenvalue weighted by molar-refractivity contribution is -0.124. The molecule has 1 aromatic heterocycles. The molecule has 7 heteroatoms. The van der Waals surface area contributed by atoms with Crippen LogP contribution >= 0.6 is 0 Å². The molecule has 0 aliphatic carbocycles. The second-order valence-corrected chi connectivity index (χ2v) is 5.34. The molecule has 23 heavy (non-hydrogen) atoms. The van der Waals surface area contributed by atoms with Crippen LogP contribution in [-0.4, -0.2) is 34.2 Å². The number of hydrogen-bond donors (Lipinski definition) is 3. The highest BCUT2D eigenvalue weighted by Gasteiger charge is 2.07. The Labute approximate surface area is 134 Å². The second-order valence-electron chi connectivity index (χ2n) is 5.34. The molecule has 0 aliphatic heterocycles. The molecule has 0 bridgehead atoms. The van der Waals surface area contributed by atoms with E-state index in [1.165, 1.54) is 0 Å². The summed E-state index contributed by atoms with van der Waals surface area (Å²) < 4.78 is 1.73. The highest BCUT2D eigenvalue weighted by molar-refractivity contribution is 5.94. The first kappa shape index (κ1) is 16.7. The predicted molar refractivity (Wildman–Crippen MR) is 88.1 cm³/mol. The first-order chi connectivity index (χ1) is 11.0. The number of hydrogen-bond acceptors (Lipinski definition) is 4. The van der Waals surface area contributed by atoms with Gasteiger partial charge in [-0.05, 0) is 43.7 Å². The third-order valence-electron chi connectivity index (χ3n) is 3.19. The number of carbonyl (C=O) groups is 2. The molecular weight excluding hydrogens is 294 g/mol. The van der Waals surface area contributed by atoms with Gasteiger partial charge in [0, 0.05) is 30.5 Å². The van der Waals surface area contributed by atoms with Crippen molar-refractivity contribution in [3.63, 3.8) is 0 Å².